The molecule has 2 fully saturated rings. The standard InChI is InChI=1S/C14H16Cl2N4/c15-7-13-18-10-6-9(16)8-17-14(10)20(13)12-3-5-19-4-1-2-11(12)19/h6,8,11-12H,1-5,7H2. The first-order chi connectivity index (χ1) is 9.78. The van der Waals surface area contributed by atoms with Crippen molar-refractivity contribution in [2.24, 2.45) is 0 Å². The van der Waals surface area contributed by atoms with Crippen LogP contribution in [0.25, 0.3) is 11.2 Å². The van der Waals surface area contributed by atoms with E-state index in [0.717, 1.165) is 23.4 Å². The van der Waals surface area contributed by atoms with Gasteiger partial charge in [0.1, 0.15) is 11.3 Å². The van der Waals surface area contributed by atoms with Crippen LogP contribution in [0.15, 0.2) is 12.3 Å². The highest BCUT2D eigenvalue weighted by Gasteiger charge is 2.39. The number of aromatic nitrogens is 3. The van der Waals surface area contributed by atoms with E-state index < -0.39 is 0 Å². The Labute approximate surface area is 127 Å². The molecule has 2 aromatic rings. The molecule has 6 heteroatoms. The second-order valence-electron chi connectivity index (χ2n) is 5.63. The first-order valence-corrected chi connectivity index (χ1v) is 8.01. The molecule has 4 rings (SSSR count). The number of nitrogens with zero attached hydrogens (tertiary/aromatic N) is 4. The summed E-state index contributed by atoms with van der Waals surface area (Å²) in [4.78, 5) is 11.7. The molecule has 2 aliphatic heterocycles. The molecule has 0 radical (unpaired) electrons. The molecule has 0 saturated carbocycles. The van der Waals surface area contributed by atoms with Gasteiger partial charge in [-0.15, -0.1) is 11.6 Å². The highest BCUT2D eigenvalue weighted by atomic mass is 35.5. The van der Waals surface area contributed by atoms with E-state index in [1.165, 1.54) is 25.9 Å². The van der Waals surface area contributed by atoms with Gasteiger partial charge in [0.05, 0.1) is 16.9 Å². The van der Waals surface area contributed by atoms with Crippen LogP contribution < -0.4 is 0 Å². The van der Waals surface area contributed by atoms with Crippen LogP contribution in [0.5, 0.6) is 0 Å². The van der Waals surface area contributed by atoms with Crippen molar-refractivity contribution >= 4 is 34.4 Å². The van der Waals surface area contributed by atoms with E-state index in [0.29, 0.717) is 23.0 Å². The van der Waals surface area contributed by atoms with Crippen molar-refractivity contribution in [1.29, 1.82) is 0 Å². The van der Waals surface area contributed by atoms with Crippen LogP contribution in [0.1, 0.15) is 31.1 Å². The highest BCUT2D eigenvalue weighted by molar-refractivity contribution is 6.31. The first kappa shape index (κ1) is 12.9. The van der Waals surface area contributed by atoms with Crippen molar-refractivity contribution in [1.82, 2.24) is 19.4 Å². The van der Waals surface area contributed by atoms with Crippen molar-refractivity contribution in [3.8, 4) is 0 Å². The lowest BCUT2D eigenvalue weighted by molar-refractivity contribution is 0.290. The molecule has 2 saturated heterocycles. The largest absolute Gasteiger partial charge is 0.307 e. The summed E-state index contributed by atoms with van der Waals surface area (Å²) in [5, 5.41) is 0.622. The molecule has 2 atom stereocenters. The number of hydrogen-bond acceptors (Lipinski definition) is 3. The zero-order valence-corrected chi connectivity index (χ0v) is 12.6. The van der Waals surface area contributed by atoms with Crippen LogP contribution in [0.3, 0.4) is 0 Å². The van der Waals surface area contributed by atoms with E-state index >= 15 is 0 Å². The van der Waals surface area contributed by atoms with Crippen LogP contribution in [-0.4, -0.2) is 38.6 Å². The highest BCUT2D eigenvalue weighted by Crippen LogP contribution is 2.38. The minimum absolute atomic E-state index is 0.414. The fourth-order valence-corrected chi connectivity index (χ4v) is 4.14. The summed E-state index contributed by atoms with van der Waals surface area (Å²) in [6.07, 6.45) is 5.41. The maximum atomic E-state index is 6.11. The summed E-state index contributed by atoms with van der Waals surface area (Å²) in [5.41, 5.74) is 1.77. The SMILES string of the molecule is ClCc1nc2cc(Cl)cnc2n1C1CCN2CCCC12. The van der Waals surface area contributed by atoms with Crippen molar-refractivity contribution in [2.75, 3.05) is 13.1 Å². The Morgan fingerprint density at radius 1 is 1.25 bits per heavy atom. The number of alkyl halides is 1. The van der Waals surface area contributed by atoms with Gasteiger partial charge in [-0.2, -0.15) is 0 Å². The average Bonchev–Trinajstić information content (AvgIpc) is 3.10. The van der Waals surface area contributed by atoms with Crippen LogP contribution in [0, 0.1) is 0 Å². The third kappa shape index (κ3) is 1.85. The van der Waals surface area contributed by atoms with Gasteiger partial charge in [-0.25, -0.2) is 9.97 Å². The van der Waals surface area contributed by atoms with Crippen LogP contribution in [-0.2, 0) is 5.88 Å². The van der Waals surface area contributed by atoms with Crippen molar-refractivity contribution in [3.63, 3.8) is 0 Å². The molecule has 0 N–H and O–H groups in total. The monoisotopic (exact) mass is 310 g/mol. The second-order valence-corrected chi connectivity index (χ2v) is 6.33. The van der Waals surface area contributed by atoms with Crippen LogP contribution >= 0.6 is 23.2 Å². The topological polar surface area (TPSA) is 34.0 Å². The Bertz CT molecular complexity index is 654. The molecule has 0 aliphatic carbocycles. The van der Waals surface area contributed by atoms with E-state index in [2.05, 4.69) is 19.4 Å². The first-order valence-electron chi connectivity index (χ1n) is 7.10. The van der Waals surface area contributed by atoms with Crippen molar-refractivity contribution in [3.05, 3.63) is 23.1 Å². The summed E-state index contributed by atoms with van der Waals surface area (Å²) < 4.78 is 2.26. The fraction of sp³-hybridized carbons (Fsp3) is 0.571. The number of imidazole rings is 1. The number of pyridine rings is 1. The summed E-state index contributed by atoms with van der Waals surface area (Å²) in [6, 6.07) is 2.94. The summed E-state index contributed by atoms with van der Waals surface area (Å²) in [7, 11) is 0. The Balaban J connectivity index is 1.85. The smallest absolute Gasteiger partial charge is 0.160 e. The predicted molar refractivity (Wildman–Crippen MR) is 80.3 cm³/mol. The third-order valence-corrected chi connectivity index (χ3v) is 5.04. The van der Waals surface area contributed by atoms with Gasteiger partial charge in [-0.05, 0) is 31.9 Å². The molecule has 4 heterocycles. The minimum atomic E-state index is 0.414. The van der Waals surface area contributed by atoms with E-state index in [-0.39, 0.29) is 0 Å². The van der Waals surface area contributed by atoms with Crippen molar-refractivity contribution in [2.45, 2.75) is 37.2 Å². The van der Waals surface area contributed by atoms with Gasteiger partial charge in [0.2, 0.25) is 0 Å². The van der Waals surface area contributed by atoms with E-state index in [4.69, 9.17) is 23.2 Å². The van der Waals surface area contributed by atoms with Gasteiger partial charge in [-0.3, -0.25) is 4.90 Å². The maximum Gasteiger partial charge on any atom is 0.160 e. The molecule has 106 valence electrons. The molecule has 2 aliphatic rings. The van der Waals surface area contributed by atoms with Gasteiger partial charge >= 0.3 is 0 Å². The van der Waals surface area contributed by atoms with Gasteiger partial charge in [0, 0.05) is 18.8 Å². The fourth-order valence-electron chi connectivity index (χ4n) is 3.80. The molecular weight excluding hydrogens is 295 g/mol. The molecule has 0 spiro atoms. The molecule has 0 aromatic carbocycles. The Hall–Kier alpha value is -0.840. The number of hydrogen-bond donors (Lipinski definition) is 0. The number of rotatable bonds is 2. The lowest BCUT2D eigenvalue weighted by Crippen LogP contribution is -2.28. The molecule has 0 bridgehead atoms. The zero-order chi connectivity index (χ0) is 13.7. The lowest BCUT2D eigenvalue weighted by Gasteiger charge is -2.23. The quantitative estimate of drug-likeness (QED) is 0.799. The van der Waals surface area contributed by atoms with E-state index in [1.54, 1.807) is 6.20 Å². The molecule has 2 aromatic heterocycles. The average molecular weight is 311 g/mol. The Kier molecular flexibility index (Phi) is 3.13. The lowest BCUT2D eigenvalue weighted by atomic mass is 10.1. The predicted octanol–water partition coefficient (Wildman–Crippen LogP) is 3.23. The molecular formula is C14H16Cl2N4. The van der Waals surface area contributed by atoms with Gasteiger partial charge in [-0.1, -0.05) is 11.6 Å². The Morgan fingerprint density at radius 3 is 3.00 bits per heavy atom. The van der Waals surface area contributed by atoms with Gasteiger partial charge in [0.15, 0.2) is 5.65 Å². The molecule has 2 unspecified atom stereocenters. The van der Waals surface area contributed by atoms with Gasteiger partial charge in [0.25, 0.3) is 0 Å². The van der Waals surface area contributed by atoms with E-state index in [1.807, 2.05) is 6.07 Å². The summed E-state index contributed by atoms with van der Waals surface area (Å²) >= 11 is 12.1. The third-order valence-electron chi connectivity index (χ3n) is 4.59. The maximum absolute atomic E-state index is 6.11. The molecule has 4 nitrogen and oxygen atoms in total. The number of fused-ring (bicyclic) bond motifs is 2. The summed E-state index contributed by atoms with van der Waals surface area (Å²) in [5.74, 6) is 1.33. The molecule has 0 amide bonds. The van der Waals surface area contributed by atoms with Crippen molar-refractivity contribution < 1.29 is 0 Å². The molecule has 20 heavy (non-hydrogen) atoms. The summed E-state index contributed by atoms with van der Waals surface area (Å²) in [6.45, 7) is 2.40. The van der Waals surface area contributed by atoms with Crippen LogP contribution in [0.4, 0.5) is 0 Å². The normalized spacial score (nSPS) is 26.5. The van der Waals surface area contributed by atoms with E-state index in [9.17, 15) is 0 Å². The minimum Gasteiger partial charge on any atom is -0.307 e. The Morgan fingerprint density at radius 2 is 2.15 bits per heavy atom. The number of halogens is 2. The van der Waals surface area contributed by atoms with Gasteiger partial charge < -0.3 is 4.57 Å². The van der Waals surface area contributed by atoms with Crippen LogP contribution in [0.2, 0.25) is 5.02 Å². The second kappa shape index (κ2) is 4.86. The zero-order valence-electron chi connectivity index (χ0n) is 11.1.